The van der Waals surface area contributed by atoms with Crippen LogP contribution < -0.4 is 0 Å². The van der Waals surface area contributed by atoms with Crippen LogP contribution in [0.4, 0.5) is 22.0 Å². The van der Waals surface area contributed by atoms with Gasteiger partial charge in [0.05, 0.1) is 0 Å². The first-order chi connectivity index (χ1) is 12.9. The predicted octanol–water partition coefficient (Wildman–Crippen LogP) is 7.56. The van der Waals surface area contributed by atoms with Gasteiger partial charge < -0.3 is 0 Å². The molecule has 0 heterocycles. The van der Waals surface area contributed by atoms with Crippen molar-refractivity contribution < 1.29 is 22.0 Å². The van der Waals surface area contributed by atoms with Gasteiger partial charge in [-0.3, -0.25) is 0 Å². The molecule has 27 heavy (non-hydrogen) atoms. The van der Waals surface area contributed by atoms with Crippen molar-refractivity contribution in [2.45, 2.75) is 50.9 Å². The van der Waals surface area contributed by atoms with Crippen LogP contribution in [0, 0.1) is 17.5 Å². The van der Waals surface area contributed by atoms with Gasteiger partial charge in [-0.15, -0.1) is 0 Å². The molecule has 0 saturated heterocycles. The van der Waals surface area contributed by atoms with Gasteiger partial charge in [0.2, 0.25) is 0 Å². The normalized spacial score (nSPS) is 21.1. The van der Waals surface area contributed by atoms with E-state index in [9.17, 15) is 22.0 Å². The van der Waals surface area contributed by atoms with Gasteiger partial charge in [-0.2, -0.15) is 0 Å². The van der Waals surface area contributed by atoms with E-state index >= 15 is 0 Å². The van der Waals surface area contributed by atoms with Crippen LogP contribution in [-0.4, -0.2) is 0 Å². The molecular formula is C22H21F5. The van der Waals surface area contributed by atoms with E-state index in [2.05, 4.69) is 0 Å². The quantitative estimate of drug-likeness (QED) is 0.379. The van der Waals surface area contributed by atoms with Crippen LogP contribution in [-0.2, 0) is 0 Å². The van der Waals surface area contributed by atoms with Crippen molar-refractivity contribution in [3.05, 3.63) is 76.4 Å². The van der Waals surface area contributed by atoms with Gasteiger partial charge in [0.25, 0.3) is 0 Å². The molecule has 0 spiro atoms. The number of hydrogen-bond donors (Lipinski definition) is 0. The summed E-state index contributed by atoms with van der Waals surface area (Å²) in [6, 6.07) is 8.93. The maximum absolute atomic E-state index is 13.9. The topological polar surface area (TPSA) is 0 Å². The van der Waals surface area contributed by atoms with Crippen molar-refractivity contribution in [1.29, 1.82) is 0 Å². The molecule has 0 aromatic heterocycles. The fourth-order valence-corrected chi connectivity index (χ4v) is 3.78. The summed E-state index contributed by atoms with van der Waals surface area (Å²) >= 11 is 0. The van der Waals surface area contributed by atoms with Crippen molar-refractivity contribution in [1.82, 2.24) is 0 Å². The van der Waals surface area contributed by atoms with Crippen LogP contribution >= 0.6 is 0 Å². The first kappa shape index (κ1) is 19.6. The third kappa shape index (κ3) is 4.23. The van der Waals surface area contributed by atoms with E-state index in [1.54, 1.807) is 31.2 Å². The van der Waals surface area contributed by atoms with Gasteiger partial charge in [-0.1, -0.05) is 31.2 Å². The van der Waals surface area contributed by atoms with Gasteiger partial charge >= 0.3 is 0 Å². The zero-order chi connectivity index (χ0) is 19.6. The highest BCUT2D eigenvalue weighted by Crippen LogP contribution is 2.41. The van der Waals surface area contributed by atoms with Gasteiger partial charge in [-0.25, -0.2) is 22.0 Å². The van der Waals surface area contributed by atoms with E-state index in [1.165, 1.54) is 0 Å². The van der Waals surface area contributed by atoms with E-state index in [1.807, 2.05) is 0 Å². The number of hydrogen-bond acceptors (Lipinski definition) is 0. The Bertz CT molecular complexity index is 807. The summed E-state index contributed by atoms with van der Waals surface area (Å²) in [5, 5.41) is 0. The van der Waals surface area contributed by atoms with Crippen LogP contribution in [0.15, 0.2) is 42.2 Å². The Morgan fingerprint density at radius 3 is 1.78 bits per heavy atom. The minimum atomic E-state index is -1.44. The van der Waals surface area contributed by atoms with Crippen molar-refractivity contribution in [2.24, 2.45) is 0 Å². The Labute approximate surface area is 155 Å². The lowest BCUT2D eigenvalue weighted by atomic mass is 9.76. The molecule has 0 bridgehead atoms. The van der Waals surface area contributed by atoms with Crippen molar-refractivity contribution >= 4 is 5.83 Å². The monoisotopic (exact) mass is 380 g/mol. The largest absolute Gasteiger partial charge is 0.209 e. The van der Waals surface area contributed by atoms with E-state index in [0.717, 1.165) is 43.4 Å². The van der Waals surface area contributed by atoms with Crippen molar-refractivity contribution in [3.63, 3.8) is 0 Å². The highest BCUT2D eigenvalue weighted by molar-refractivity contribution is 5.61. The SMILES string of the molecule is CC/C(F)=C(\F)c1ccc(C2CCC(c3cc(F)c(F)c(F)c3)CC2)cc1. The molecule has 1 saturated carbocycles. The van der Waals surface area contributed by atoms with Crippen molar-refractivity contribution in [3.8, 4) is 0 Å². The lowest BCUT2D eigenvalue weighted by Gasteiger charge is -2.29. The maximum Gasteiger partial charge on any atom is 0.194 e. The molecule has 3 rings (SSSR count). The van der Waals surface area contributed by atoms with Gasteiger partial charge in [-0.05, 0) is 67.2 Å². The number of allylic oxidation sites excluding steroid dienone is 1. The van der Waals surface area contributed by atoms with E-state index < -0.39 is 29.1 Å². The van der Waals surface area contributed by atoms with E-state index in [4.69, 9.17) is 0 Å². The minimum Gasteiger partial charge on any atom is -0.209 e. The molecule has 0 atom stereocenters. The first-order valence-electron chi connectivity index (χ1n) is 9.19. The zero-order valence-electron chi connectivity index (χ0n) is 15.0. The Morgan fingerprint density at radius 2 is 1.30 bits per heavy atom. The second kappa shape index (κ2) is 8.24. The highest BCUT2D eigenvalue weighted by Gasteiger charge is 2.25. The van der Waals surface area contributed by atoms with Crippen LogP contribution in [0.5, 0.6) is 0 Å². The molecule has 0 nitrogen and oxygen atoms in total. The fourth-order valence-electron chi connectivity index (χ4n) is 3.78. The lowest BCUT2D eigenvalue weighted by Crippen LogP contribution is -2.13. The first-order valence-corrected chi connectivity index (χ1v) is 9.19. The average Bonchev–Trinajstić information content (AvgIpc) is 2.70. The molecule has 0 radical (unpaired) electrons. The fraction of sp³-hybridized carbons (Fsp3) is 0.364. The second-order valence-corrected chi connectivity index (χ2v) is 7.04. The molecule has 0 aliphatic heterocycles. The molecular weight excluding hydrogens is 359 g/mol. The summed E-state index contributed by atoms with van der Waals surface area (Å²) in [6.07, 6.45) is 3.10. The molecule has 1 fully saturated rings. The molecule has 0 N–H and O–H groups in total. The molecule has 1 aliphatic rings. The lowest BCUT2D eigenvalue weighted by molar-refractivity contribution is 0.389. The number of rotatable bonds is 4. The van der Waals surface area contributed by atoms with Crippen LogP contribution in [0.1, 0.15) is 67.6 Å². The maximum atomic E-state index is 13.9. The Morgan fingerprint density at radius 1 is 0.815 bits per heavy atom. The molecule has 2 aromatic rings. The molecule has 1 aliphatic carbocycles. The van der Waals surface area contributed by atoms with Gasteiger partial charge in [0.1, 0.15) is 5.83 Å². The van der Waals surface area contributed by atoms with Crippen molar-refractivity contribution in [2.75, 3.05) is 0 Å². The third-order valence-electron chi connectivity index (χ3n) is 5.39. The van der Waals surface area contributed by atoms with E-state index in [0.29, 0.717) is 5.56 Å². The van der Waals surface area contributed by atoms with Crippen LogP contribution in [0.25, 0.3) is 5.83 Å². The summed E-state index contributed by atoms with van der Waals surface area (Å²) in [6.45, 7) is 1.56. The Hall–Kier alpha value is -2.17. The molecule has 2 aromatic carbocycles. The summed E-state index contributed by atoms with van der Waals surface area (Å²) in [7, 11) is 0. The number of halogens is 5. The summed E-state index contributed by atoms with van der Waals surface area (Å²) in [5.74, 6) is -5.09. The number of benzene rings is 2. The molecule has 0 unspecified atom stereocenters. The summed E-state index contributed by atoms with van der Waals surface area (Å²) in [5.41, 5.74) is 1.75. The highest BCUT2D eigenvalue weighted by atomic mass is 19.2. The predicted molar refractivity (Wildman–Crippen MR) is 96.1 cm³/mol. The van der Waals surface area contributed by atoms with Crippen LogP contribution in [0.3, 0.4) is 0 Å². The minimum absolute atomic E-state index is 0.0100. The summed E-state index contributed by atoms with van der Waals surface area (Å²) in [4.78, 5) is 0. The van der Waals surface area contributed by atoms with Gasteiger partial charge in [0, 0.05) is 5.56 Å². The standard InChI is InChI=1S/C22H21F5/c1-2-18(23)21(26)16-9-7-14(8-10-16)13-3-5-15(6-4-13)17-11-19(24)22(27)20(25)12-17/h7-13,15H,2-6H2,1H3/b21-18+. The molecule has 144 valence electrons. The summed E-state index contributed by atoms with van der Waals surface area (Å²) < 4.78 is 67.2. The average molecular weight is 380 g/mol. The van der Waals surface area contributed by atoms with E-state index in [-0.39, 0.29) is 23.8 Å². The van der Waals surface area contributed by atoms with Crippen LogP contribution in [0.2, 0.25) is 0 Å². The second-order valence-electron chi connectivity index (χ2n) is 7.04. The van der Waals surface area contributed by atoms with Gasteiger partial charge in [0.15, 0.2) is 23.3 Å². The third-order valence-corrected chi connectivity index (χ3v) is 5.39. The smallest absolute Gasteiger partial charge is 0.194 e. The Balaban J connectivity index is 1.67. The molecule has 0 amide bonds. The Kier molecular flexibility index (Phi) is 5.98. The molecule has 5 heteroatoms. The zero-order valence-corrected chi connectivity index (χ0v) is 15.0.